The maximum atomic E-state index is 13.1. The van der Waals surface area contributed by atoms with Crippen LogP contribution in [0.25, 0.3) is 0 Å². The van der Waals surface area contributed by atoms with Gasteiger partial charge in [0, 0.05) is 13.1 Å². The zero-order valence-corrected chi connectivity index (χ0v) is 56.6. The van der Waals surface area contributed by atoms with Gasteiger partial charge in [-0.1, -0.05) is 98.5 Å². The van der Waals surface area contributed by atoms with E-state index < -0.39 is 48.2 Å². The fraction of sp³-hybridized carbons (Fsp3) is 0.597. The Balaban J connectivity index is 0.000000196. The number of ether oxygens (including phenoxy) is 11. The van der Waals surface area contributed by atoms with E-state index in [4.69, 9.17) is 61.8 Å². The van der Waals surface area contributed by atoms with E-state index in [1.165, 1.54) is 0 Å². The third kappa shape index (κ3) is 23.4. The summed E-state index contributed by atoms with van der Waals surface area (Å²) in [5.41, 5.74) is 3.27. The van der Waals surface area contributed by atoms with Crippen LogP contribution in [-0.4, -0.2) is 174 Å². The first-order chi connectivity index (χ1) is 45.0. The number of rotatable bonds is 27. The second kappa shape index (κ2) is 37.4. The molecule has 0 radical (unpaired) electrons. The smallest absolute Gasteiger partial charge is 0.493 e. The SMILES string of the molecule is COc1ccc(CN(CC(O)C(Cc2ccccc2)NC(=O)OC(C)(C)C)OC2CCCC2)cc1OC.COc1ccc(CN(CC(O)C(Cc2ccccc2)NC(=O)OC2COC3OCCC23)OC2CCCC2)cc1OC.O=C(OP=NP)OC1COC2OCCC12. The summed E-state index contributed by atoms with van der Waals surface area (Å²) in [5, 5.41) is 32.4. The predicted octanol–water partition coefficient (Wildman–Crippen LogP) is 10.5. The zero-order valence-electron chi connectivity index (χ0n) is 54.5. The van der Waals surface area contributed by atoms with Gasteiger partial charge in [0.25, 0.3) is 8.60 Å². The lowest BCUT2D eigenvalue weighted by Crippen LogP contribution is -2.50. The molecule has 6 aliphatic rings. The number of alkyl carbamates (subject to hydrolysis) is 2. The van der Waals surface area contributed by atoms with Crippen molar-refractivity contribution in [3.8, 4) is 23.0 Å². The van der Waals surface area contributed by atoms with Crippen LogP contribution >= 0.6 is 18.0 Å². The van der Waals surface area contributed by atoms with Gasteiger partial charge >= 0.3 is 18.3 Å². The molecule has 11 atom stereocenters. The van der Waals surface area contributed by atoms with E-state index in [0.29, 0.717) is 75.4 Å². The molecule has 4 aromatic rings. The van der Waals surface area contributed by atoms with Crippen LogP contribution in [0, 0.1) is 11.8 Å². The van der Waals surface area contributed by atoms with Crippen molar-refractivity contribution in [2.45, 2.75) is 178 Å². The number of amides is 2. The number of hydrogen-bond acceptors (Lipinski definition) is 22. The van der Waals surface area contributed by atoms with Crippen LogP contribution in [0.3, 0.4) is 0 Å². The van der Waals surface area contributed by atoms with Gasteiger partial charge in [-0.15, -0.1) is 0 Å². The summed E-state index contributed by atoms with van der Waals surface area (Å²) in [5.74, 6) is 2.74. The lowest BCUT2D eigenvalue weighted by molar-refractivity contribution is -0.215. The Morgan fingerprint density at radius 2 is 1.01 bits per heavy atom. The molecule has 4 aliphatic heterocycles. The summed E-state index contributed by atoms with van der Waals surface area (Å²) in [6.07, 6.45) is 6.33. The molecule has 4 aromatic carbocycles. The van der Waals surface area contributed by atoms with Gasteiger partial charge in [-0.05, 0) is 128 Å². The van der Waals surface area contributed by atoms with Crippen molar-refractivity contribution >= 4 is 36.3 Å². The molecule has 0 bridgehead atoms. The zero-order chi connectivity index (χ0) is 66.1. The fourth-order valence-electron chi connectivity index (χ4n) is 12.1. The summed E-state index contributed by atoms with van der Waals surface area (Å²) in [7, 11) is 8.73. The predicted molar refractivity (Wildman–Crippen MR) is 347 cm³/mol. The molecule has 2 saturated carbocycles. The highest BCUT2D eigenvalue weighted by molar-refractivity contribution is 7.31. The number of hydroxylamine groups is 4. The Morgan fingerprint density at radius 3 is 1.43 bits per heavy atom. The van der Waals surface area contributed by atoms with Gasteiger partial charge in [-0.2, -0.15) is 10.1 Å². The Kier molecular flexibility index (Phi) is 29.3. The van der Waals surface area contributed by atoms with Crippen molar-refractivity contribution < 1.29 is 90.9 Å². The largest absolute Gasteiger partial charge is 0.518 e. The summed E-state index contributed by atoms with van der Waals surface area (Å²) >= 11 is 0. The minimum Gasteiger partial charge on any atom is -0.493 e. The number of aliphatic hydroxyl groups excluding tert-OH is 2. The molecule has 11 unspecified atom stereocenters. The molecule has 2 amide bonds. The minimum atomic E-state index is -0.938. The molecule has 512 valence electrons. The molecule has 93 heavy (non-hydrogen) atoms. The van der Waals surface area contributed by atoms with E-state index in [0.717, 1.165) is 86.5 Å². The van der Waals surface area contributed by atoms with Crippen molar-refractivity contribution in [2.75, 3.05) is 68.0 Å². The molecule has 26 heteroatoms. The summed E-state index contributed by atoms with van der Waals surface area (Å²) in [6.45, 7) is 8.65. The average molecular weight is 1340 g/mol. The molecule has 0 aromatic heterocycles. The van der Waals surface area contributed by atoms with Crippen molar-refractivity contribution in [3.63, 3.8) is 0 Å². The molecule has 0 spiro atoms. The van der Waals surface area contributed by atoms with Gasteiger partial charge in [0.1, 0.15) is 17.8 Å². The minimum absolute atomic E-state index is 0.0371. The number of hydrogen-bond donors (Lipinski definition) is 4. The molecule has 6 fully saturated rings. The van der Waals surface area contributed by atoms with E-state index in [1.807, 2.05) is 118 Å². The first-order valence-electron chi connectivity index (χ1n) is 32.1. The van der Waals surface area contributed by atoms with Crippen molar-refractivity contribution in [1.82, 2.24) is 20.8 Å². The lowest BCUT2D eigenvalue weighted by Gasteiger charge is -2.32. The molecule has 4 saturated heterocycles. The van der Waals surface area contributed by atoms with Crippen molar-refractivity contribution in [3.05, 3.63) is 119 Å². The van der Waals surface area contributed by atoms with E-state index in [9.17, 15) is 24.6 Å². The normalized spacial score (nSPS) is 22.3. The number of fused-ring (bicyclic) bond motifs is 2. The molecular formula is C67H95N5O19P2. The maximum absolute atomic E-state index is 13.1. The third-order valence-electron chi connectivity index (χ3n) is 16.8. The van der Waals surface area contributed by atoms with Crippen LogP contribution in [-0.2, 0) is 73.3 Å². The van der Waals surface area contributed by atoms with Crippen LogP contribution in [0.15, 0.2) is 102 Å². The Bertz CT molecular complexity index is 2930. The van der Waals surface area contributed by atoms with Gasteiger partial charge in [0.05, 0.1) is 116 Å². The molecule has 24 nitrogen and oxygen atoms in total. The summed E-state index contributed by atoms with van der Waals surface area (Å²) < 4.78 is 68.0. The highest BCUT2D eigenvalue weighted by Gasteiger charge is 2.45. The first kappa shape index (κ1) is 72.8. The van der Waals surface area contributed by atoms with Gasteiger partial charge in [-0.3, -0.25) is 9.68 Å². The van der Waals surface area contributed by atoms with Crippen LogP contribution < -0.4 is 29.6 Å². The summed E-state index contributed by atoms with van der Waals surface area (Å²) in [4.78, 5) is 49.6. The van der Waals surface area contributed by atoms with Gasteiger partial charge in [0.2, 0.25) is 0 Å². The Hall–Kier alpha value is -5.98. The monoisotopic (exact) mass is 1340 g/mol. The number of nitrogens with one attached hydrogen (secondary N) is 2. The van der Waals surface area contributed by atoms with E-state index in [1.54, 1.807) is 38.6 Å². The second-order valence-corrected chi connectivity index (χ2v) is 26.0. The van der Waals surface area contributed by atoms with Crippen molar-refractivity contribution in [2.24, 2.45) is 16.4 Å². The Morgan fingerprint density at radius 1 is 0.581 bits per heavy atom. The summed E-state index contributed by atoms with van der Waals surface area (Å²) in [6, 6.07) is 29.9. The van der Waals surface area contributed by atoms with Crippen LogP contribution in [0.5, 0.6) is 23.0 Å². The number of carbonyl (C=O) groups excluding carboxylic acids is 3. The van der Waals surface area contributed by atoms with Crippen LogP contribution in [0.2, 0.25) is 0 Å². The number of benzene rings is 4. The van der Waals surface area contributed by atoms with Crippen LogP contribution in [0.1, 0.15) is 107 Å². The van der Waals surface area contributed by atoms with E-state index in [-0.39, 0.29) is 70.5 Å². The first-order valence-corrected chi connectivity index (χ1v) is 33.4. The molecule has 2 aliphatic carbocycles. The van der Waals surface area contributed by atoms with Gasteiger partial charge in [-0.25, -0.2) is 18.9 Å². The number of carbonyl (C=O) groups is 3. The lowest BCUT2D eigenvalue weighted by atomic mass is 10.0. The highest BCUT2D eigenvalue weighted by atomic mass is 31.1. The standard InChI is InChI=1S/C31H42N2O8.C29H42N2O6.C7H11NO5P2/c1-36-27-13-12-22(17-28(27)37-2)18-33(41-23-10-6-7-11-23)19-26(34)25(16-21-8-4-3-5-9-21)32-31(35)40-29-20-39-30-24(29)14-15-38-30;1-29(2,3)36-28(33)30-24(17-21-11-7-6-8-12-21)25(32)20-31(37-23-13-9-10-14-23)19-22-15-16-26(34-4)27(18-22)35-5;9-7(13-15-8-14)12-5-3-11-6-4(5)1-2-10-6/h3-5,8-9,12-13,17,23-26,29-30,34H,6-7,10-11,14-16,18-20H2,1-2H3,(H,32,35);6-8,11-12,15-16,18,23-25,32H,9-10,13-14,17,19-20H2,1-5H3,(H,30,33);4-6H,1-3,14H2. The van der Waals surface area contributed by atoms with Crippen LogP contribution in [0.4, 0.5) is 14.4 Å². The molecule has 4 heterocycles. The average Bonchev–Trinajstić information content (AvgIpc) is 2.24. The second-order valence-electron chi connectivity index (χ2n) is 24.8. The number of methoxy groups -OCH3 is 4. The van der Waals surface area contributed by atoms with Gasteiger partial charge in [0.15, 0.2) is 35.6 Å². The maximum Gasteiger partial charge on any atom is 0.518 e. The van der Waals surface area contributed by atoms with Crippen molar-refractivity contribution in [1.29, 1.82) is 0 Å². The quantitative estimate of drug-likeness (QED) is 0.0187. The molecule has 4 N–H and O–H groups in total. The number of nitrogens with zero attached hydrogens (tertiary/aromatic N) is 3. The highest BCUT2D eigenvalue weighted by Crippen LogP contribution is 2.36. The molecule has 10 rings (SSSR count). The molecular weight excluding hydrogens is 1240 g/mol. The third-order valence-corrected chi connectivity index (χ3v) is 17.4. The van der Waals surface area contributed by atoms with E-state index in [2.05, 4.69) is 29.1 Å². The van der Waals surface area contributed by atoms with Gasteiger partial charge < -0.3 is 77.5 Å². The van der Waals surface area contributed by atoms with E-state index >= 15 is 0 Å². The fourth-order valence-corrected chi connectivity index (χ4v) is 12.4. The topological polar surface area (TPSA) is 264 Å². The number of aliphatic hydroxyl groups is 2. The Labute approximate surface area is 550 Å².